The minimum atomic E-state index is -0.483. The maximum Gasteiger partial charge on any atom is 0.266 e. The van der Waals surface area contributed by atoms with E-state index < -0.39 is 5.91 Å². The summed E-state index contributed by atoms with van der Waals surface area (Å²) in [5.74, 6) is -0.483. The zero-order valence-corrected chi connectivity index (χ0v) is 13.9. The molecule has 0 saturated carbocycles. The highest BCUT2D eigenvalue weighted by Crippen LogP contribution is 2.06. The summed E-state index contributed by atoms with van der Waals surface area (Å²) in [6.07, 6.45) is 5.78. The molecule has 7 nitrogen and oxygen atoms in total. The first-order valence-electron chi connectivity index (χ1n) is 7.92. The quantitative estimate of drug-likeness (QED) is 0.468. The number of hydrogen-bond donors (Lipinski definition) is 2. The van der Waals surface area contributed by atoms with Crippen molar-refractivity contribution in [1.29, 1.82) is 5.26 Å². The average molecular weight is 332 g/mol. The van der Waals surface area contributed by atoms with E-state index in [1.165, 1.54) is 4.90 Å². The molecule has 0 aliphatic rings. The Labute approximate surface area is 142 Å². The van der Waals surface area contributed by atoms with Crippen molar-refractivity contribution in [1.82, 2.24) is 14.8 Å². The predicted octanol–water partition coefficient (Wildman–Crippen LogP) is 0.167. The standard InChI is InChI=1S/C17H24N4O3/c1-2-20(8-5-15-3-6-19-7-4-15)14-16(13-18)17(24)21(9-11-22)10-12-23/h3-4,6-7,14,22-23H,2,5,8-12H2,1H3/b16-14-. The average Bonchev–Trinajstić information content (AvgIpc) is 2.62. The second-order valence-electron chi connectivity index (χ2n) is 5.13. The van der Waals surface area contributed by atoms with E-state index in [4.69, 9.17) is 10.2 Å². The number of aromatic nitrogens is 1. The smallest absolute Gasteiger partial charge is 0.266 e. The van der Waals surface area contributed by atoms with Crippen LogP contribution in [0.15, 0.2) is 36.3 Å². The molecule has 1 heterocycles. The number of likely N-dealkylation sites (N-methyl/N-ethyl adjacent to an activating group) is 1. The van der Waals surface area contributed by atoms with Crippen LogP contribution in [0.1, 0.15) is 12.5 Å². The number of amides is 1. The fraction of sp³-hybridized carbons (Fsp3) is 0.471. The van der Waals surface area contributed by atoms with E-state index in [0.29, 0.717) is 13.1 Å². The number of aliphatic hydroxyl groups is 2. The van der Waals surface area contributed by atoms with Gasteiger partial charge in [-0.05, 0) is 31.0 Å². The highest BCUT2D eigenvalue weighted by atomic mass is 16.3. The third kappa shape index (κ3) is 6.36. The SMILES string of the molecule is CCN(/C=C(/C#N)C(=O)N(CCO)CCO)CCc1ccncc1. The van der Waals surface area contributed by atoms with Crippen molar-refractivity contribution in [3.8, 4) is 6.07 Å². The van der Waals surface area contributed by atoms with Gasteiger partial charge >= 0.3 is 0 Å². The number of rotatable bonds is 10. The van der Waals surface area contributed by atoms with Gasteiger partial charge in [-0.15, -0.1) is 0 Å². The predicted molar refractivity (Wildman–Crippen MR) is 89.6 cm³/mol. The van der Waals surface area contributed by atoms with E-state index in [0.717, 1.165) is 12.0 Å². The molecule has 0 aliphatic carbocycles. The summed E-state index contributed by atoms with van der Waals surface area (Å²) in [5, 5.41) is 27.3. The normalized spacial score (nSPS) is 11.0. The van der Waals surface area contributed by atoms with Crippen molar-refractivity contribution in [2.24, 2.45) is 0 Å². The van der Waals surface area contributed by atoms with Gasteiger partial charge in [-0.2, -0.15) is 5.26 Å². The fourth-order valence-corrected chi connectivity index (χ4v) is 2.18. The number of aliphatic hydroxyl groups excluding tert-OH is 2. The van der Waals surface area contributed by atoms with Crippen LogP contribution >= 0.6 is 0 Å². The monoisotopic (exact) mass is 332 g/mol. The zero-order valence-electron chi connectivity index (χ0n) is 13.9. The Morgan fingerprint density at radius 2 is 1.88 bits per heavy atom. The third-order valence-corrected chi connectivity index (χ3v) is 3.53. The molecular formula is C17H24N4O3. The second kappa shape index (κ2) is 11.2. The number of nitrogens with zero attached hydrogens (tertiary/aromatic N) is 4. The Kier molecular flexibility index (Phi) is 9.12. The number of hydrogen-bond acceptors (Lipinski definition) is 6. The van der Waals surface area contributed by atoms with Gasteiger partial charge in [0.05, 0.1) is 13.2 Å². The van der Waals surface area contributed by atoms with Crippen LogP contribution in [0.3, 0.4) is 0 Å². The highest BCUT2D eigenvalue weighted by molar-refractivity contribution is 5.97. The summed E-state index contributed by atoms with van der Waals surface area (Å²) in [7, 11) is 0. The topological polar surface area (TPSA) is 101 Å². The van der Waals surface area contributed by atoms with Gasteiger partial charge < -0.3 is 20.0 Å². The molecule has 130 valence electrons. The Hall–Kier alpha value is -2.43. The van der Waals surface area contributed by atoms with Crippen LogP contribution in [0.2, 0.25) is 0 Å². The van der Waals surface area contributed by atoms with Gasteiger partial charge in [0.1, 0.15) is 11.6 Å². The van der Waals surface area contributed by atoms with Gasteiger partial charge in [0, 0.05) is 44.8 Å². The van der Waals surface area contributed by atoms with Gasteiger partial charge in [-0.3, -0.25) is 9.78 Å². The van der Waals surface area contributed by atoms with Crippen molar-refractivity contribution in [3.05, 3.63) is 41.9 Å². The molecule has 24 heavy (non-hydrogen) atoms. The van der Waals surface area contributed by atoms with Crippen LogP contribution in [-0.2, 0) is 11.2 Å². The van der Waals surface area contributed by atoms with E-state index in [9.17, 15) is 10.1 Å². The summed E-state index contributed by atoms with van der Waals surface area (Å²) in [4.78, 5) is 19.5. The summed E-state index contributed by atoms with van der Waals surface area (Å²) >= 11 is 0. The molecule has 0 aliphatic heterocycles. The van der Waals surface area contributed by atoms with Gasteiger partial charge in [0.2, 0.25) is 0 Å². The van der Waals surface area contributed by atoms with Crippen LogP contribution in [0, 0.1) is 11.3 Å². The summed E-state index contributed by atoms with van der Waals surface area (Å²) < 4.78 is 0. The Morgan fingerprint density at radius 3 is 2.38 bits per heavy atom. The van der Waals surface area contributed by atoms with Crippen molar-refractivity contribution < 1.29 is 15.0 Å². The fourth-order valence-electron chi connectivity index (χ4n) is 2.18. The minimum Gasteiger partial charge on any atom is -0.395 e. The number of carbonyl (C=O) groups is 1. The van der Waals surface area contributed by atoms with Gasteiger partial charge in [0.15, 0.2) is 0 Å². The third-order valence-electron chi connectivity index (χ3n) is 3.53. The van der Waals surface area contributed by atoms with E-state index in [1.807, 2.05) is 30.0 Å². The molecule has 0 fully saturated rings. The van der Waals surface area contributed by atoms with Crippen LogP contribution in [0.25, 0.3) is 0 Å². The first-order valence-corrected chi connectivity index (χ1v) is 7.92. The largest absolute Gasteiger partial charge is 0.395 e. The maximum atomic E-state index is 12.4. The van der Waals surface area contributed by atoms with Gasteiger partial charge in [0.25, 0.3) is 5.91 Å². The zero-order chi connectivity index (χ0) is 17.8. The Bertz CT molecular complexity index is 563. The molecule has 1 amide bonds. The molecule has 2 N–H and O–H groups in total. The van der Waals surface area contributed by atoms with Crippen LogP contribution < -0.4 is 0 Å². The maximum absolute atomic E-state index is 12.4. The molecule has 1 aromatic rings. The summed E-state index contributed by atoms with van der Waals surface area (Å²) in [6, 6.07) is 5.77. The molecule has 0 bridgehead atoms. The van der Waals surface area contributed by atoms with Crippen molar-refractivity contribution in [3.63, 3.8) is 0 Å². The summed E-state index contributed by atoms with van der Waals surface area (Å²) in [5.41, 5.74) is 1.12. The first kappa shape index (κ1) is 19.6. The summed E-state index contributed by atoms with van der Waals surface area (Å²) in [6.45, 7) is 3.00. The molecule has 7 heteroatoms. The van der Waals surface area contributed by atoms with E-state index in [-0.39, 0.29) is 31.9 Å². The number of nitriles is 1. The molecule has 1 rings (SSSR count). The van der Waals surface area contributed by atoms with E-state index in [2.05, 4.69) is 4.98 Å². The van der Waals surface area contributed by atoms with Crippen LogP contribution in [0.5, 0.6) is 0 Å². The molecule has 0 saturated heterocycles. The lowest BCUT2D eigenvalue weighted by atomic mass is 10.2. The van der Waals surface area contributed by atoms with Crippen LogP contribution in [0.4, 0.5) is 0 Å². The molecule has 0 unspecified atom stereocenters. The molecule has 0 atom stereocenters. The molecule has 0 spiro atoms. The van der Waals surface area contributed by atoms with Crippen LogP contribution in [-0.4, -0.2) is 70.3 Å². The van der Waals surface area contributed by atoms with Crippen molar-refractivity contribution >= 4 is 5.91 Å². The lowest BCUT2D eigenvalue weighted by Gasteiger charge is -2.22. The van der Waals surface area contributed by atoms with E-state index >= 15 is 0 Å². The van der Waals surface area contributed by atoms with Gasteiger partial charge in [-0.25, -0.2) is 0 Å². The molecular weight excluding hydrogens is 308 g/mol. The van der Waals surface area contributed by atoms with Gasteiger partial charge in [-0.1, -0.05) is 0 Å². The minimum absolute atomic E-state index is 0.00604. The molecule has 1 aromatic heterocycles. The Morgan fingerprint density at radius 1 is 1.25 bits per heavy atom. The van der Waals surface area contributed by atoms with E-state index in [1.54, 1.807) is 18.6 Å². The second-order valence-corrected chi connectivity index (χ2v) is 5.13. The highest BCUT2D eigenvalue weighted by Gasteiger charge is 2.18. The number of carbonyl (C=O) groups excluding carboxylic acids is 1. The molecule has 0 aromatic carbocycles. The Balaban J connectivity index is 2.78. The lowest BCUT2D eigenvalue weighted by Crippen LogP contribution is -2.37. The molecule has 0 radical (unpaired) electrons. The van der Waals surface area contributed by atoms with Crippen molar-refractivity contribution in [2.75, 3.05) is 39.4 Å². The lowest BCUT2D eigenvalue weighted by molar-refractivity contribution is -0.127. The van der Waals surface area contributed by atoms with Crippen molar-refractivity contribution in [2.45, 2.75) is 13.3 Å². The first-order chi connectivity index (χ1) is 11.7. The number of pyridine rings is 1.